The lowest BCUT2D eigenvalue weighted by atomic mass is 9.90. The second-order valence-corrected chi connectivity index (χ2v) is 9.06. The summed E-state index contributed by atoms with van der Waals surface area (Å²) in [6, 6.07) is 5.88. The number of rotatable bonds is 11. The lowest BCUT2D eigenvalue weighted by Gasteiger charge is -2.18. The molecular formula is C28H26Cl2F6O3. The van der Waals surface area contributed by atoms with Crippen molar-refractivity contribution in [2.75, 3.05) is 21.3 Å². The predicted molar refractivity (Wildman–Crippen MR) is 142 cm³/mol. The van der Waals surface area contributed by atoms with Gasteiger partial charge in [-0.05, 0) is 78.8 Å². The zero-order valence-electron chi connectivity index (χ0n) is 21.8. The maximum atomic E-state index is 13.6. The lowest BCUT2D eigenvalue weighted by Crippen LogP contribution is -2.00. The number of hydrogen-bond donors (Lipinski definition) is 0. The van der Waals surface area contributed by atoms with Gasteiger partial charge in [-0.1, -0.05) is 29.3 Å². The minimum Gasteiger partial charge on any atom is -0.496 e. The van der Waals surface area contributed by atoms with Crippen molar-refractivity contribution in [3.8, 4) is 0 Å². The van der Waals surface area contributed by atoms with Crippen molar-refractivity contribution < 1.29 is 40.6 Å². The Bertz CT molecular complexity index is 1250. The largest absolute Gasteiger partial charge is 0.496 e. The van der Waals surface area contributed by atoms with Gasteiger partial charge in [0.05, 0.1) is 21.3 Å². The van der Waals surface area contributed by atoms with Crippen LogP contribution in [0.15, 0.2) is 54.3 Å². The molecule has 212 valence electrons. The smallest absolute Gasteiger partial charge is 0.312 e. The van der Waals surface area contributed by atoms with E-state index in [2.05, 4.69) is 0 Å². The van der Waals surface area contributed by atoms with Crippen LogP contribution in [0.25, 0.3) is 17.1 Å². The first kappa shape index (κ1) is 32.2. The van der Waals surface area contributed by atoms with Crippen LogP contribution in [0.5, 0.6) is 0 Å². The second-order valence-electron chi connectivity index (χ2n) is 8.25. The molecule has 0 aliphatic rings. The Morgan fingerprint density at radius 3 is 1.46 bits per heavy atom. The van der Waals surface area contributed by atoms with Crippen LogP contribution >= 0.6 is 23.2 Å². The summed E-state index contributed by atoms with van der Waals surface area (Å²) in [5, 5.41) is 0.276. The lowest BCUT2D eigenvalue weighted by molar-refractivity contribution is 0.233. The minimum absolute atomic E-state index is 0.0146. The Morgan fingerprint density at radius 1 is 0.692 bits per heavy atom. The highest BCUT2D eigenvalue weighted by molar-refractivity contribution is 6.32. The summed E-state index contributed by atoms with van der Waals surface area (Å²) < 4.78 is 95.0. The summed E-state index contributed by atoms with van der Waals surface area (Å²) in [6.07, 6.45) is -4.04. The van der Waals surface area contributed by atoms with E-state index in [1.807, 2.05) is 0 Å². The Morgan fingerprint density at radius 2 is 1.13 bits per heavy atom. The van der Waals surface area contributed by atoms with Crippen LogP contribution in [0.3, 0.4) is 0 Å². The molecule has 0 unspecified atom stereocenters. The number of unbranched alkanes of at least 4 members (excludes halogenated alkanes) is 1. The van der Waals surface area contributed by atoms with E-state index in [1.54, 1.807) is 6.08 Å². The monoisotopic (exact) mass is 594 g/mol. The molecule has 0 fully saturated rings. The molecule has 0 saturated carbocycles. The van der Waals surface area contributed by atoms with Gasteiger partial charge in [0, 0.05) is 27.6 Å². The topological polar surface area (TPSA) is 27.7 Å². The standard InChI is InChI=1S/C28H26Cl2F6O3/c1-14-19(24(38-4)27(33)34)10-16(12-21(14)29)18(8-6-7-9-23(37-3)26(31)32)17-11-20(15(2)22(30)13-17)25(39-5)28(35)36/h8,10-13H,6-7,9H2,1-5H3. The van der Waals surface area contributed by atoms with E-state index in [0.29, 0.717) is 27.8 Å². The van der Waals surface area contributed by atoms with Gasteiger partial charge in [0.15, 0.2) is 17.3 Å². The molecule has 0 radical (unpaired) electrons. The normalized spacial score (nSPS) is 10.5. The Hall–Kier alpha value is -3.04. The van der Waals surface area contributed by atoms with E-state index in [9.17, 15) is 26.3 Å². The van der Waals surface area contributed by atoms with Gasteiger partial charge < -0.3 is 14.2 Å². The SMILES string of the molecule is COC(CCCC=C(c1cc(Cl)c(C)c(C(OC)=C(F)F)c1)c1cc(Cl)c(C)c(C(OC)=C(F)F)c1)=C(F)F. The number of hydrogen-bond acceptors (Lipinski definition) is 3. The molecule has 0 aliphatic carbocycles. The van der Waals surface area contributed by atoms with Crippen LogP contribution in [0, 0.1) is 13.8 Å². The van der Waals surface area contributed by atoms with E-state index in [-0.39, 0.29) is 40.4 Å². The second kappa shape index (κ2) is 14.4. The number of ether oxygens (including phenoxy) is 3. The Kier molecular flexibility index (Phi) is 11.9. The summed E-state index contributed by atoms with van der Waals surface area (Å²) in [4.78, 5) is 0. The molecule has 3 nitrogen and oxygen atoms in total. The van der Waals surface area contributed by atoms with Gasteiger partial charge >= 0.3 is 18.2 Å². The molecule has 11 heteroatoms. The van der Waals surface area contributed by atoms with E-state index >= 15 is 0 Å². The average molecular weight is 595 g/mol. The molecule has 0 spiro atoms. The molecule has 39 heavy (non-hydrogen) atoms. The van der Waals surface area contributed by atoms with Gasteiger partial charge in [-0.2, -0.15) is 26.3 Å². The Labute approximate surface area is 233 Å². The molecule has 0 amide bonds. The minimum atomic E-state index is -2.07. The molecule has 2 aromatic rings. The summed E-state index contributed by atoms with van der Waals surface area (Å²) in [6.45, 7) is 3.08. The zero-order valence-corrected chi connectivity index (χ0v) is 23.3. The van der Waals surface area contributed by atoms with E-state index < -0.39 is 35.5 Å². The zero-order chi connectivity index (χ0) is 29.4. The third-order valence-electron chi connectivity index (χ3n) is 5.97. The van der Waals surface area contributed by atoms with Crippen molar-refractivity contribution in [3.05, 3.63) is 97.8 Å². The van der Waals surface area contributed by atoms with Crippen LogP contribution < -0.4 is 0 Å². The van der Waals surface area contributed by atoms with Gasteiger partial charge in [0.1, 0.15) is 0 Å². The van der Waals surface area contributed by atoms with Crippen molar-refractivity contribution in [1.29, 1.82) is 0 Å². The summed E-state index contributed by atoms with van der Waals surface area (Å²) in [5.74, 6) is -1.83. The van der Waals surface area contributed by atoms with Crippen molar-refractivity contribution in [2.45, 2.75) is 33.1 Å². The van der Waals surface area contributed by atoms with Gasteiger partial charge in [0.2, 0.25) is 0 Å². The first-order chi connectivity index (χ1) is 18.4. The number of allylic oxidation sites excluding steroid dienone is 2. The fourth-order valence-electron chi connectivity index (χ4n) is 3.90. The van der Waals surface area contributed by atoms with Crippen LogP contribution in [0.2, 0.25) is 10.0 Å². The number of halogens is 8. The van der Waals surface area contributed by atoms with Gasteiger partial charge in [-0.3, -0.25) is 0 Å². The molecule has 2 aromatic carbocycles. The van der Waals surface area contributed by atoms with E-state index in [0.717, 1.165) is 21.3 Å². The number of benzene rings is 2. The number of methoxy groups -OCH3 is 3. The Balaban J connectivity index is 2.81. The van der Waals surface area contributed by atoms with Crippen molar-refractivity contribution in [2.24, 2.45) is 0 Å². The molecule has 0 aromatic heterocycles. The summed E-state index contributed by atoms with van der Waals surface area (Å²) in [7, 11) is 3.32. The van der Waals surface area contributed by atoms with Crippen molar-refractivity contribution in [1.82, 2.24) is 0 Å². The van der Waals surface area contributed by atoms with Gasteiger partial charge in [0.25, 0.3) is 0 Å². The molecule has 2 rings (SSSR count). The van der Waals surface area contributed by atoms with E-state index in [1.165, 1.54) is 38.1 Å². The van der Waals surface area contributed by atoms with Crippen LogP contribution in [0.4, 0.5) is 26.3 Å². The van der Waals surface area contributed by atoms with Gasteiger partial charge in [-0.15, -0.1) is 0 Å². The molecule has 0 N–H and O–H groups in total. The first-order valence-corrected chi connectivity index (χ1v) is 12.2. The van der Waals surface area contributed by atoms with Crippen LogP contribution in [-0.4, -0.2) is 21.3 Å². The summed E-state index contributed by atoms with van der Waals surface area (Å²) >= 11 is 12.8. The van der Waals surface area contributed by atoms with Crippen molar-refractivity contribution in [3.63, 3.8) is 0 Å². The highest BCUT2D eigenvalue weighted by Crippen LogP contribution is 2.38. The predicted octanol–water partition coefficient (Wildman–Crippen LogP) is 10.4. The van der Waals surface area contributed by atoms with E-state index in [4.69, 9.17) is 37.4 Å². The molecule has 0 heterocycles. The maximum Gasteiger partial charge on any atom is 0.312 e. The average Bonchev–Trinajstić information content (AvgIpc) is 2.86. The molecule has 0 atom stereocenters. The van der Waals surface area contributed by atoms with Gasteiger partial charge in [-0.25, -0.2) is 0 Å². The van der Waals surface area contributed by atoms with Crippen molar-refractivity contribution >= 4 is 40.3 Å². The quantitative estimate of drug-likeness (QED) is 0.147. The highest BCUT2D eigenvalue weighted by Gasteiger charge is 2.21. The summed E-state index contributed by atoms with van der Waals surface area (Å²) in [5.41, 5.74) is 1.74. The van der Waals surface area contributed by atoms with Crippen LogP contribution in [0.1, 0.15) is 52.6 Å². The molecule has 0 saturated heterocycles. The molecule has 0 bridgehead atoms. The highest BCUT2D eigenvalue weighted by atomic mass is 35.5. The first-order valence-electron chi connectivity index (χ1n) is 11.5. The maximum absolute atomic E-state index is 13.6. The third-order valence-corrected chi connectivity index (χ3v) is 6.75. The third kappa shape index (κ3) is 7.76. The molecule has 0 aliphatic heterocycles. The fourth-order valence-corrected chi connectivity index (χ4v) is 4.34. The van der Waals surface area contributed by atoms with Crippen LogP contribution in [-0.2, 0) is 14.2 Å². The molecular weight excluding hydrogens is 569 g/mol. The fraction of sp³-hybridized carbons (Fsp3) is 0.286.